The van der Waals surface area contributed by atoms with E-state index in [4.69, 9.17) is 13.2 Å². The summed E-state index contributed by atoms with van der Waals surface area (Å²) in [6.45, 7) is 32.7. The molecule has 0 radical (unpaired) electrons. The molecule has 198 valence electrons. The highest BCUT2D eigenvalue weighted by Gasteiger charge is 2.62. The Hall–Kier alpha value is -2.43. The molecule has 0 heterocycles. The predicted molar refractivity (Wildman–Crippen MR) is 171 cm³/mol. The monoisotopic (exact) mass is 520 g/mol. The van der Waals surface area contributed by atoms with Crippen LogP contribution in [0, 0.1) is 23.7 Å². The van der Waals surface area contributed by atoms with E-state index in [1.54, 1.807) is 0 Å². The van der Waals surface area contributed by atoms with Crippen molar-refractivity contribution < 1.29 is 0 Å². The Balaban J connectivity index is 1.78. The number of hydrogen-bond donors (Lipinski definition) is 0. The summed E-state index contributed by atoms with van der Waals surface area (Å²) in [6, 6.07) is 13.8. The highest BCUT2D eigenvalue weighted by molar-refractivity contribution is 7.20. The molecular formula is C37H45P. The Kier molecular flexibility index (Phi) is 6.28. The van der Waals surface area contributed by atoms with Crippen molar-refractivity contribution >= 4 is 14.8 Å². The van der Waals surface area contributed by atoms with Gasteiger partial charge in [0, 0.05) is 5.16 Å². The number of hydrogen-bond acceptors (Lipinski definition) is 0. The van der Waals surface area contributed by atoms with Crippen molar-refractivity contribution in [3.05, 3.63) is 112 Å². The van der Waals surface area contributed by atoms with Gasteiger partial charge in [0.1, 0.15) is 0 Å². The van der Waals surface area contributed by atoms with Gasteiger partial charge in [-0.3, -0.25) is 0 Å². The van der Waals surface area contributed by atoms with Crippen molar-refractivity contribution in [3.63, 3.8) is 0 Å². The van der Waals surface area contributed by atoms with E-state index >= 15 is 0 Å². The van der Waals surface area contributed by atoms with E-state index in [1.165, 1.54) is 66.8 Å². The van der Waals surface area contributed by atoms with Gasteiger partial charge in [0.15, 0.2) is 0 Å². The molecule has 1 heteroatoms. The number of rotatable bonds is 3. The molecule has 2 aromatic rings. The minimum atomic E-state index is -0.226. The Morgan fingerprint density at radius 2 is 1.76 bits per heavy atom. The van der Waals surface area contributed by atoms with Gasteiger partial charge in [0.05, 0.1) is 0 Å². The third-order valence-corrected chi connectivity index (χ3v) is 12.2. The molecule has 0 bridgehead atoms. The lowest BCUT2D eigenvalue weighted by Gasteiger charge is -2.64. The van der Waals surface area contributed by atoms with E-state index in [-0.39, 0.29) is 16.0 Å². The quantitative estimate of drug-likeness (QED) is 0.353. The summed E-state index contributed by atoms with van der Waals surface area (Å²) in [5, 5.41) is -0.226. The topological polar surface area (TPSA) is 0 Å². The predicted octanol–water partition coefficient (Wildman–Crippen LogP) is 10.2. The summed E-state index contributed by atoms with van der Waals surface area (Å²) in [4.78, 5) is 0. The second-order valence-electron chi connectivity index (χ2n) is 13.0. The Morgan fingerprint density at radius 3 is 2.39 bits per heavy atom. The highest BCUT2D eigenvalue weighted by atomic mass is 31.0. The van der Waals surface area contributed by atoms with Crippen LogP contribution in [0.15, 0.2) is 89.6 Å². The molecule has 0 nitrogen and oxygen atoms in total. The normalized spacial score (nSPS) is 30.7. The van der Waals surface area contributed by atoms with E-state index < -0.39 is 0 Å². The summed E-state index contributed by atoms with van der Waals surface area (Å²) < 4.78 is 0. The number of fused-ring (bicyclic) bond motifs is 3. The smallest absolute Gasteiger partial charge is 0.0366 e. The summed E-state index contributed by atoms with van der Waals surface area (Å²) in [5.74, 6) is 0.415. The Morgan fingerprint density at radius 1 is 1.08 bits per heavy atom. The van der Waals surface area contributed by atoms with Crippen molar-refractivity contribution in [1.82, 2.24) is 0 Å². The van der Waals surface area contributed by atoms with Crippen LogP contribution in [0.3, 0.4) is 0 Å². The molecule has 0 amide bonds. The maximum Gasteiger partial charge on any atom is 0.0366 e. The van der Waals surface area contributed by atoms with Crippen molar-refractivity contribution in [2.24, 2.45) is 16.7 Å². The van der Waals surface area contributed by atoms with Gasteiger partial charge in [-0.1, -0.05) is 101 Å². The van der Waals surface area contributed by atoms with Crippen LogP contribution in [0.5, 0.6) is 0 Å². The van der Waals surface area contributed by atoms with E-state index in [0.29, 0.717) is 5.92 Å². The summed E-state index contributed by atoms with van der Waals surface area (Å²) in [5.41, 5.74) is 17.4. The van der Waals surface area contributed by atoms with E-state index in [2.05, 4.69) is 108 Å². The lowest BCUT2D eigenvalue weighted by molar-refractivity contribution is 0.0906. The third kappa shape index (κ3) is 3.38. The fourth-order valence-corrected chi connectivity index (χ4v) is 9.40. The van der Waals surface area contributed by atoms with Crippen molar-refractivity contribution in [1.29, 1.82) is 0 Å². The van der Waals surface area contributed by atoms with Gasteiger partial charge >= 0.3 is 0 Å². The highest BCUT2D eigenvalue weighted by Crippen LogP contribution is 2.71. The van der Waals surface area contributed by atoms with E-state index in [1.807, 2.05) is 0 Å². The molecule has 0 saturated heterocycles. The Labute approximate surface area is 233 Å². The maximum absolute atomic E-state index is 4.84. The standard InChI is InChI=1S/C37H45P/c1-12-28-14-13-15-29(18-28)30-17-16-22(4)33-24(6)34-27(9)37(38)26(8)32(21(2)3)23(5)25(7)36(37,11)20-35(34,10)19-31(30)33/h13-18,25H,2,6,8,12,19-20,38H2,1,3-5,7,9-11H3. The zero-order valence-electron chi connectivity index (χ0n) is 24.9. The first-order valence-corrected chi connectivity index (χ1v) is 14.8. The van der Waals surface area contributed by atoms with Crippen LogP contribution in [-0.2, 0) is 12.8 Å². The second kappa shape index (κ2) is 8.79. The average Bonchev–Trinajstić information content (AvgIpc) is 2.85. The summed E-state index contributed by atoms with van der Waals surface area (Å²) in [7, 11) is 3.33. The van der Waals surface area contributed by atoms with Gasteiger partial charge in [-0.2, -0.15) is 0 Å². The van der Waals surface area contributed by atoms with Crippen LogP contribution in [0.25, 0.3) is 16.7 Å². The fourth-order valence-electron chi connectivity index (χ4n) is 8.76. The van der Waals surface area contributed by atoms with Crippen LogP contribution in [0.4, 0.5) is 0 Å². The van der Waals surface area contributed by atoms with Crippen LogP contribution in [-0.4, -0.2) is 5.16 Å². The molecule has 0 N–H and O–H groups in total. The Bertz CT molecular complexity index is 1490. The van der Waals surface area contributed by atoms with Crippen LogP contribution in [0.1, 0.15) is 77.1 Å². The zero-order chi connectivity index (χ0) is 27.9. The van der Waals surface area contributed by atoms with Gasteiger partial charge in [-0.05, 0) is 119 Å². The minimum Gasteiger partial charge on any atom is -0.121 e. The first kappa shape index (κ1) is 27.1. The molecule has 5 atom stereocenters. The van der Waals surface area contributed by atoms with E-state index in [0.717, 1.165) is 24.8 Å². The molecule has 3 aliphatic rings. The molecule has 38 heavy (non-hydrogen) atoms. The summed E-state index contributed by atoms with van der Waals surface area (Å²) >= 11 is 0. The zero-order valence-corrected chi connectivity index (χ0v) is 26.0. The number of aryl methyl sites for hydroxylation is 2. The fraction of sp³-hybridized carbons (Fsp3) is 0.405. The number of allylic oxidation sites excluding steroid dienone is 7. The molecule has 3 aliphatic carbocycles. The molecule has 5 rings (SSSR count). The molecule has 0 aliphatic heterocycles. The van der Waals surface area contributed by atoms with Gasteiger partial charge in [-0.15, -0.1) is 9.24 Å². The van der Waals surface area contributed by atoms with Crippen LogP contribution < -0.4 is 0 Å². The molecule has 0 spiro atoms. The SMILES string of the molecule is C=C(C)C1=C(C)C(C)C2(C)CC3(C)Cc4c(-c5cccc(CC)c5)ccc(C)c4C(=C)C3=C(C)C2(P)C1=C. The molecule has 0 saturated carbocycles. The average molecular weight is 521 g/mol. The van der Waals surface area contributed by atoms with E-state index in [9.17, 15) is 0 Å². The number of benzene rings is 2. The van der Waals surface area contributed by atoms with Gasteiger partial charge in [0.2, 0.25) is 0 Å². The molecule has 5 unspecified atom stereocenters. The van der Waals surface area contributed by atoms with Crippen LogP contribution >= 0.6 is 9.24 Å². The van der Waals surface area contributed by atoms with Crippen molar-refractivity contribution in [2.45, 2.75) is 79.8 Å². The van der Waals surface area contributed by atoms with Crippen molar-refractivity contribution in [3.8, 4) is 11.1 Å². The maximum atomic E-state index is 4.84. The summed E-state index contributed by atoms with van der Waals surface area (Å²) in [6.07, 6.45) is 3.18. The lowest BCUT2D eigenvalue weighted by Crippen LogP contribution is -2.58. The first-order chi connectivity index (χ1) is 17.7. The van der Waals surface area contributed by atoms with Gasteiger partial charge in [0.25, 0.3) is 0 Å². The van der Waals surface area contributed by atoms with Crippen LogP contribution in [0.2, 0.25) is 0 Å². The molecular weight excluding hydrogens is 475 g/mol. The first-order valence-electron chi connectivity index (χ1n) is 14.2. The minimum absolute atomic E-state index is 0.00342. The largest absolute Gasteiger partial charge is 0.121 e. The second-order valence-corrected chi connectivity index (χ2v) is 13.9. The van der Waals surface area contributed by atoms with Gasteiger partial charge in [-0.25, -0.2) is 0 Å². The molecule has 0 aromatic heterocycles. The third-order valence-electron chi connectivity index (χ3n) is 10.8. The lowest BCUT2D eigenvalue weighted by atomic mass is 9.44. The van der Waals surface area contributed by atoms with Gasteiger partial charge < -0.3 is 0 Å². The van der Waals surface area contributed by atoms with Crippen molar-refractivity contribution in [2.75, 3.05) is 0 Å². The molecule has 2 aromatic carbocycles. The molecule has 0 fully saturated rings.